The quantitative estimate of drug-likeness (QED) is 0.482. The first-order chi connectivity index (χ1) is 17.9. The van der Waals surface area contributed by atoms with Gasteiger partial charge in [-0.3, -0.25) is 0 Å². The van der Waals surface area contributed by atoms with Crippen LogP contribution in [0.2, 0.25) is 0 Å². The number of carbonyl (C=O) groups is 1. The number of hydrogen-bond donors (Lipinski definition) is 1. The number of ether oxygens (including phenoxy) is 6. The van der Waals surface area contributed by atoms with E-state index in [2.05, 4.69) is 0 Å². The van der Waals surface area contributed by atoms with Crippen LogP contribution in [0.25, 0.3) is 0 Å². The molecule has 2 aliphatic rings. The summed E-state index contributed by atoms with van der Waals surface area (Å²) < 4.78 is 34.4. The van der Waals surface area contributed by atoms with E-state index in [1.165, 1.54) is 28.4 Å². The minimum Gasteiger partial charge on any atom is -0.497 e. The molecule has 3 atom stereocenters. The molecule has 0 aromatic heterocycles. The number of methoxy groups -OCH3 is 5. The summed E-state index contributed by atoms with van der Waals surface area (Å²) >= 11 is 0. The highest BCUT2D eigenvalue weighted by atomic mass is 16.6. The maximum Gasteiger partial charge on any atom is 0.338 e. The van der Waals surface area contributed by atoms with Crippen LogP contribution in [0.4, 0.5) is 0 Å². The van der Waals surface area contributed by atoms with E-state index in [-0.39, 0.29) is 11.3 Å². The van der Waals surface area contributed by atoms with Crippen molar-refractivity contribution in [1.82, 2.24) is 0 Å². The van der Waals surface area contributed by atoms with E-state index in [9.17, 15) is 9.90 Å². The van der Waals surface area contributed by atoms with Crippen molar-refractivity contribution in [2.45, 2.75) is 17.1 Å². The summed E-state index contributed by atoms with van der Waals surface area (Å²) in [4.78, 5) is 13.4. The van der Waals surface area contributed by atoms with Gasteiger partial charge in [0.05, 0.1) is 52.6 Å². The molecule has 0 fully saturated rings. The van der Waals surface area contributed by atoms with Crippen molar-refractivity contribution in [1.29, 1.82) is 0 Å². The van der Waals surface area contributed by atoms with Crippen LogP contribution in [0.1, 0.15) is 22.6 Å². The third kappa shape index (κ3) is 3.22. The van der Waals surface area contributed by atoms with Gasteiger partial charge in [-0.1, -0.05) is 42.5 Å². The number of fused-ring (bicyclic) bond motifs is 3. The van der Waals surface area contributed by atoms with E-state index in [4.69, 9.17) is 28.4 Å². The molecule has 192 valence electrons. The molecule has 1 aliphatic heterocycles. The summed E-state index contributed by atoms with van der Waals surface area (Å²) in [5, 5.41) is 12.9. The predicted molar refractivity (Wildman–Crippen MR) is 134 cm³/mol. The zero-order valence-electron chi connectivity index (χ0n) is 21.2. The molecule has 0 saturated carbocycles. The van der Waals surface area contributed by atoms with Gasteiger partial charge in [0.15, 0.2) is 11.2 Å². The number of aliphatic hydroxyl groups is 1. The predicted octanol–water partition coefficient (Wildman–Crippen LogP) is 4.06. The van der Waals surface area contributed by atoms with Gasteiger partial charge in [0.1, 0.15) is 28.8 Å². The molecular weight excluding hydrogens is 476 g/mol. The van der Waals surface area contributed by atoms with Crippen LogP contribution in [0, 0.1) is 0 Å². The standard InChI is InChI=1S/C29H28O8/c1-32-19-13-11-18(12-14-19)29-24(17-9-7-6-8-10-17)23(27(30)36-5)26(35-4)28(29,31)25-21(34-3)15-20(33-2)16-22(25)37-29/h6-16,24,31H,1-5H3. The van der Waals surface area contributed by atoms with Gasteiger partial charge in [-0.2, -0.15) is 0 Å². The monoisotopic (exact) mass is 504 g/mol. The lowest BCUT2D eigenvalue weighted by atomic mass is 9.69. The van der Waals surface area contributed by atoms with Crippen LogP contribution in [0.15, 0.2) is 78.1 Å². The second-order valence-electron chi connectivity index (χ2n) is 8.76. The maximum absolute atomic E-state index is 13.4. The summed E-state index contributed by atoms with van der Waals surface area (Å²) in [6.45, 7) is 0. The molecule has 37 heavy (non-hydrogen) atoms. The first-order valence-electron chi connectivity index (χ1n) is 11.7. The summed E-state index contributed by atoms with van der Waals surface area (Å²) in [6.07, 6.45) is 0. The van der Waals surface area contributed by atoms with Gasteiger partial charge in [-0.05, 0) is 17.7 Å². The topological polar surface area (TPSA) is 92.7 Å². The number of rotatable bonds is 7. The molecule has 0 amide bonds. The Bertz CT molecular complexity index is 1360. The Morgan fingerprint density at radius 3 is 2.08 bits per heavy atom. The number of carbonyl (C=O) groups excluding carboxylic acids is 1. The van der Waals surface area contributed by atoms with Crippen LogP contribution < -0.4 is 18.9 Å². The Balaban J connectivity index is 1.93. The van der Waals surface area contributed by atoms with Crippen LogP contribution in [0.5, 0.6) is 23.0 Å². The Morgan fingerprint density at radius 1 is 0.838 bits per heavy atom. The highest BCUT2D eigenvalue weighted by Crippen LogP contribution is 2.70. The average molecular weight is 505 g/mol. The molecule has 3 aromatic carbocycles. The van der Waals surface area contributed by atoms with Gasteiger partial charge in [-0.15, -0.1) is 0 Å². The van der Waals surface area contributed by atoms with Gasteiger partial charge < -0.3 is 33.5 Å². The minimum atomic E-state index is -1.98. The van der Waals surface area contributed by atoms with Crippen LogP contribution in [0.3, 0.4) is 0 Å². The van der Waals surface area contributed by atoms with Gasteiger partial charge in [0, 0.05) is 17.7 Å². The van der Waals surface area contributed by atoms with Gasteiger partial charge in [0.2, 0.25) is 0 Å². The van der Waals surface area contributed by atoms with Crippen molar-refractivity contribution >= 4 is 5.97 Å². The molecule has 3 unspecified atom stereocenters. The Morgan fingerprint density at radius 2 is 1.51 bits per heavy atom. The Hall–Kier alpha value is -4.17. The summed E-state index contributed by atoms with van der Waals surface area (Å²) in [6, 6.07) is 19.9. The molecule has 8 heteroatoms. The summed E-state index contributed by atoms with van der Waals surface area (Å²) in [7, 11) is 7.31. The molecule has 1 N–H and O–H groups in total. The highest BCUT2D eigenvalue weighted by Gasteiger charge is 2.75. The van der Waals surface area contributed by atoms with E-state index in [1.807, 2.05) is 42.5 Å². The van der Waals surface area contributed by atoms with E-state index in [0.29, 0.717) is 34.1 Å². The summed E-state index contributed by atoms with van der Waals surface area (Å²) in [5.41, 5.74) is -1.76. The third-order valence-electron chi connectivity index (χ3n) is 7.20. The maximum atomic E-state index is 13.4. The molecule has 3 aromatic rings. The van der Waals surface area contributed by atoms with E-state index in [0.717, 1.165) is 5.56 Å². The number of hydrogen-bond acceptors (Lipinski definition) is 8. The molecule has 0 bridgehead atoms. The fraction of sp³-hybridized carbons (Fsp3) is 0.276. The third-order valence-corrected chi connectivity index (χ3v) is 7.20. The molecule has 5 rings (SSSR count). The van der Waals surface area contributed by atoms with E-state index < -0.39 is 23.1 Å². The van der Waals surface area contributed by atoms with Gasteiger partial charge in [-0.25, -0.2) is 4.79 Å². The lowest BCUT2D eigenvalue weighted by molar-refractivity contribution is -0.137. The van der Waals surface area contributed by atoms with Crippen molar-refractivity contribution in [3.63, 3.8) is 0 Å². The highest BCUT2D eigenvalue weighted by molar-refractivity contribution is 5.94. The van der Waals surface area contributed by atoms with Crippen molar-refractivity contribution in [3.05, 3.63) is 94.8 Å². The zero-order chi connectivity index (χ0) is 26.4. The van der Waals surface area contributed by atoms with Gasteiger partial charge >= 0.3 is 5.97 Å². The Labute approximate surface area is 214 Å². The van der Waals surface area contributed by atoms with Crippen molar-refractivity contribution in [2.75, 3.05) is 35.5 Å². The van der Waals surface area contributed by atoms with Crippen molar-refractivity contribution < 1.29 is 38.3 Å². The minimum absolute atomic E-state index is 0.0197. The molecular formula is C29H28O8. The first kappa shape index (κ1) is 24.5. The molecule has 0 spiro atoms. The summed E-state index contributed by atoms with van der Waals surface area (Å²) in [5.74, 6) is 0.328. The average Bonchev–Trinajstić information content (AvgIpc) is 3.34. The van der Waals surface area contributed by atoms with Gasteiger partial charge in [0.25, 0.3) is 0 Å². The van der Waals surface area contributed by atoms with Crippen LogP contribution in [-0.4, -0.2) is 46.6 Å². The lowest BCUT2D eigenvalue weighted by Gasteiger charge is -2.41. The van der Waals surface area contributed by atoms with Crippen LogP contribution in [-0.2, 0) is 25.5 Å². The second-order valence-corrected chi connectivity index (χ2v) is 8.76. The molecule has 0 saturated heterocycles. The SMILES string of the molecule is COC(=O)C1=C(OC)C2(O)c3c(OC)cc(OC)cc3OC2(c2ccc(OC)cc2)C1c1ccccc1. The fourth-order valence-electron chi connectivity index (χ4n) is 5.69. The smallest absolute Gasteiger partial charge is 0.338 e. The molecule has 0 radical (unpaired) electrons. The molecule has 8 nitrogen and oxygen atoms in total. The first-order valence-corrected chi connectivity index (χ1v) is 11.7. The normalized spacial score (nSPS) is 23.6. The number of esters is 1. The molecule has 1 heterocycles. The fourth-order valence-corrected chi connectivity index (χ4v) is 5.69. The van der Waals surface area contributed by atoms with E-state index in [1.54, 1.807) is 31.4 Å². The largest absolute Gasteiger partial charge is 0.497 e. The van der Waals surface area contributed by atoms with Crippen LogP contribution >= 0.6 is 0 Å². The lowest BCUT2D eigenvalue weighted by Crippen LogP contribution is -2.50. The van der Waals surface area contributed by atoms with E-state index >= 15 is 0 Å². The molecule has 1 aliphatic carbocycles. The Kier molecular flexibility index (Phi) is 6.00. The number of benzene rings is 3. The van der Waals surface area contributed by atoms with Crippen molar-refractivity contribution in [3.8, 4) is 23.0 Å². The zero-order valence-corrected chi connectivity index (χ0v) is 21.2. The van der Waals surface area contributed by atoms with Crippen molar-refractivity contribution in [2.24, 2.45) is 0 Å². The second kappa shape index (κ2) is 9.05.